The zero-order valence-corrected chi connectivity index (χ0v) is 17.6. The van der Waals surface area contributed by atoms with E-state index in [2.05, 4.69) is 54.6 Å². The van der Waals surface area contributed by atoms with Crippen molar-refractivity contribution >= 4 is 27.8 Å². The standard InChI is InChI=1S/C27H26N2O2/c30-26-19-23(27-24-11-5-4-10-22(24)12-13-25(27)31-26)20-29-17-15-28(16-18-29)14-6-9-21-7-2-1-3-8-21/h1-13,19H,14-18,20H2/p+2/b9-6+. The fraction of sp³-hybridized carbons (Fsp3) is 0.222. The first kappa shape index (κ1) is 19.7. The van der Waals surface area contributed by atoms with Crippen LogP contribution in [0.1, 0.15) is 11.1 Å². The molecule has 1 aromatic heterocycles. The van der Waals surface area contributed by atoms with Gasteiger partial charge >= 0.3 is 5.63 Å². The Balaban J connectivity index is 1.29. The Kier molecular flexibility index (Phi) is 5.65. The molecule has 156 valence electrons. The molecule has 0 spiro atoms. The molecular formula is C27H28N2O2+2. The monoisotopic (exact) mass is 412 g/mol. The van der Waals surface area contributed by atoms with Crippen LogP contribution in [0.25, 0.3) is 27.8 Å². The molecule has 0 aliphatic carbocycles. The maximum absolute atomic E-state index is 12.2. The van der Waals surface area contributed by atoms with E-state index in [9.17, 15) is 4.79 Å². The molecule has 0 unspecified atom stereocenters. The lowest BCUT2D eigenvalue weighted by Gasteiger charge is -2.29. The van der Waals surface area contributed by atoms with E-state index < -0.39 is 0 Å². The fourth-order valence-corrected chi connectivity index (χ4v) is 4.69. The van der Waals surface area contributed by atoms with Gasteiger partial charge in [0.15, 0.2) is 0 Å². The third-order valence-electron chi connectivity index (χ3n) is 6.34. The zero-order chi connectivity index (χ0) is 21.0. The minimum absolute atomic E-state index is 0.257. The summed E-state index contributed by atoms with van der Waals surface area (Å²) in [6.45, 7) is 6.44. The highest BCUT2D eigenvalue weighted by Crippen LogP contribution is 2.26. The molecule has 4 aromatic rings. The van der Waals surface area contributed by atoms with E-state index in [0.717, 1.165) is 55.6 Å². The third kappa shape index (κ3) is 4.46. The molecule has 0 atom stereocenters. The molecule has 31 heavy (non-hydrogen) atoms. The highest BCUT2D eigenvalue weighted by Gasteiger charge is 2.23. The second-order valence-electron chi connectivity index (χ2n) is 8.44. The Bertz CT molecular complexity index is 1270. The quantitative estimate of drug-likeness (QED) is 0.389. The summed E-state index contributed by atoms with van der Waals surface area (Å²) < 4.78 is 5.52. The zero-order valence-electron chi connectivity index (χ0n) is 17.6. The minimum Gasteiger partial charge on any atom is -0.423 e. The average Bonchev–Trinajstić information content (AvgIpc) is 2.80. The van der Waals surface area contributed by atoms with Gasteiger partial charge in [0.25, 0.3) is 0 Å². The van der Waals surface area contributed by atoms with E-state index >= 15 is 0 Å². The number of piperazine rings is 1. The summed E-state index contributed by atoms with van der Waals surface area (Å²) in [6, 6.07) is 24.5. The maximum Gasteiger partial charge on any atom is 0.336 e. The summed E-state index contributed by atoms with van der Waals surface area (Å²) >= 11 is 0. The lowest BCUT2D eigenvalue weighted by molar-refractivity contribution is -1.02. The van der Waals surface area contributed by atoms with Crippen LogP contribution in [0.5, 0.6) is 0 Å². The van der Waals surface area contributed by atoms with Crippen molar-refractivity contribution in [2.24, 2.45) is 0 Å². The summed E-state index contributed by atoms with van der Waals surface area (Å²) in [5.74, 6) is 0. The Morgan fingerprint density at radius 1 is 0.839 bits per heavy atom. The number of hydrogen-bond acceptors (Lipinski definition) is 2. The summed E-state index contributed by atoms with van der Waals surface area (Å²) in [6.07, 6.45) is 4.50. The number of quaternary nitrogens is 2. The van der Waals surface area contributed by atoms with Crippen molar-refractivity contribution in [2.45, 2.75) is 6.54 Å². The van der Waals surface area contributed by atoms with E-state index in [0.29, 0.717) is 5.58 Å². The van der Waals surface area contributed by atoms with Gasteiger partial charge in [-0.1, -0.05) is 66.7 Å². The number of fused-ring (bicyclic) bond motifs is 3. The van der Waals surface area contributed by atoms with Crippen LogP contribution in [0.4, 0.5) is 0 Å². The van der Waals surface area contributed by atoms with E-state index in [1.807, 2.05) is 24.3 Å². The van der Waals surface area contributed by atoms with Crippen molar-refractivity contribution in [3.05, 3.63) is 100 Å². The molecule has 4 nitrogen and oxygen atoms in total. The van der Waals surface area contributed by atoms with Crippen molar-refractivity contribution in [1.82, 2.24) is 0 Å². The van der Waals surface area contributed by atoms with Crippen LogP contribution in [-0.4, -0.2) is 32.7 Å². The summed E-state index contributed by atoms with van der Waals surface area (Å²) in [5, 5.41) is 3.43. The van der Waals surface area contributed by atoms with Gasteiger partial charge in [-0.25, -0.2) is 4.79 Å². The summed E-state index contributed by atoms with van der Waals surface area (Å²) in [4.78, 5) is 15.3. The summed E-state index contributed by atoms with van der Waals surface area (Å²) in [7, 11) is 0. The molecular weight excluding hydrogens is 384 g/mol. The molecule has 0 saturated carbocycles. The number of hydrogen-bond donors (Lipinski definition) is 2. The molecule has 0 radical (unpaired) electrons. The van der Waals surface area contributed by atoms with Gasteiger partial charge in [-0.2, -0.15) is 0 Å². The highest BCUT2D eigenvalue weighted by molar-refractivity contribution is 6.06. The molecule has 0 bridgehead atoms. The van der Waals surface area contributed by atoms with E-state index in [1.54, 1.807) is 11.0 Å². The first-order valence-electron chi connectivity index (χ1n) is 11.1. The first-order chi connectivity index (χ1) is 15.3. The van der Waals surface area contributed by atoms with Crippen molar-refractivity contribution in [3.63, 3.8) is 0 Å². The first-order valence-corrected chi connectivity index (χ1v) is 11.1. The predicted octanol–water partition coefficient (Wildman–Crippen LogP) is 1.94. The molecule has 1 aliphatic heterocycles. The third-order valence-corrected chi connectivity index (χ3v) is 6.34. The number of nitrogens with one attached hydrogen (secondary N) is 2. The van der Waals surface area contributed by atoms with Crippen molar-refractivity contribution in [3.8, 4) is 0 Å². The van der Waals surface area contributed by atoms with Crippen LogP contribution in [0.2, 0.25) is 0 Å². The number of benzene rings is 3. The van der Waals surface area contributed by atoms with Gasteiger partial charge in [0, 0.05) is 17.0 Å². The topological polar surface area (TPSA) is 39.1 Å². The van der Waals surface area contributed by atoms with Crippen LogP contribution >= 0.6 is 0 Å². The predicted molar refractivity (Wildman–Crippen MR) is 125 cm³/mol. The van der Waals surface area contributed by atoms with Gasteiger partial charge < -0.3 is 14.2 Å². The highest BCUT2D eigenvalue weighted by atomic mass is 16.4. The van der Waals surface area contributed by atoms with Gasteiger partial charge in [-0.05, 0) is 28.5 Å². The summed E-state index contributed by atoms with van der Waals surface area (Å²) in [5.41, 5.74) is 2.79. The van der Waals surface area contributed by atoms with Gasteiger partial charge in [0.05, 0.1) is 6.54 Å². The molecule has 5 rings (SSSR count). The Morgan fingerprint density at radius 3 is 2.42 bits per heavy atom. The SMILES string of the molecule is O=c1cc(C[NH+]2CC[NH+](C/C=C/c3ccccc3)CC2)c2c(ccc3ccccc32)o1. The molecule has 3 aromatic carbocycles. The Labute approximate surface area is 182 Å². The second-order valence-corrected chi connectivity index (χ2v) is 8.44. The maximum atomic E-state index is 12.2. The van der Waals surface area contributed by atoms with Crippen LogP contribution in [0, 0.1) is 0 Å². The van der Waals surface area contributed by atoms with Crippen molar-refractivity contribution < 1.29 is 14.2 Å². The molecule has 4 heteroatoms. The van der Waals surface area contributed by atoms with E-state index in [-0.39, 0.29) is 5.63 Å². The molecule has 1 aliphatic rings. The molecule has 0 amide bonds. The van der Waals surface area contributed by atoms with Crippen molar-refractivity contribution in [2.75, 3.05) is 32.7 Å². The Hall–Kier alpha value is -3.21. The van der Waals surface area contributed by atoms with E-state index in [4.69, 9.17) is 4.42 Å². The minimum atomic E-state index is -0.257. The lowest BCUT2D eigenvalue weighted by Crippen LogP contribution is -3.27. The largest absolute Gasteiger partial charge is 0.423 e. The van der Waals surface area contributed by atoms with E-state index in [1.165, 1.54) is 15.8 Å². The molecule has 1 fully saturated rings. The fourth-order valence-electron chi connectivity index (χ4n) is 4.69. The normalized spacial score (nSPS) is 19.4. The molecule has 2 N–H and O–H groups in total. The van der Waals surface area contributed by atoms with Crippen molar-refractivity contribution in [1.29, 1.82) is 0 Å². The molecule has 1 saturated heterocycles. The van der Waals surface area contributed by atoms with Gasteiger partial charge in [-0.15, -0.1) is 0 Å². The average molecular weight is 413 g/mol. The smallest absolute Gasteiger partial charge is 0.336 e. The van der Waals surface area contributed by atoms with Gasteiger partial charge in [-0.3, -0.25) is 0 Å². The van der Waals surface area contributed by atoms with Crippen LogP contribution in [-0.2, 0) is 6.54 Å². The van der Waals surface area contributed by atoms with Gasteiger partial charge in [0.1, 0.15) is 38.3 Å². The van der Waals surface area contributed by atoms with Gasteiger partial charge in [0.2, 0.25) is 0 Å². The van der Waals surface area contributed by atoms with Crippen LogP contribution in [0.15, 0.2) is 88.1 Å². The lowest BCUT2D eigenvalue weighted by atomic mass is 10.0. The molecule has 2 heterocycles. The second kappa shape index (κ2) is 8.88. The number of rotatable bonds is 5. The van der Waals surface area contributed by atoms with Crippen LogP contribution < -0.4 is 15.4 Å². The Morgan fingerprint density at radius 2 is 1.58 bits per heavy atom. The van der Waals surface area contributed by atoms with Crippen LogP contribution in [0.3, 0.4) is 0 Å².